The molecule has 0 fully saturated rings. The fourth-order valence-corrected chi connectivity index (χ4v) is 2.06. The maximum absolute atomic E-state index is 5.91. The summed E-state index contributed by atoms with van der Waals surface area (Å²) in [4.78, 5) is 0. The molecule has 0 unspecified atom stereocenters. The van der Waals surface area contributed by atoms with Crippen LogP contribution >= 0.6 is 11.6 Å². The molecule has 0 saturated heterocycles. The smallest absolute Gasteiger partial charge is 0.124 e. The molecule has 0 spiro atoms. The quantitative estimate of drug-likeness (QED) is 0.755. The minimum Gasteiger partial charge on any atom is -0.489 e. The zero-order valence-corrected chi connectivity index (χ0v) is 12.9. The molecule has 21 heavy (non-hydrogen) atoms. The normalized spacial score (nSPS) is 10.6. The van der Waals surface area contributed by atoms with Gasteiger partial charge < -0.3 is 14.8 Å². The Balaban J connectivity index is 1.91. The van der Waals surface area contributed by atoms with E-state index in [1.807, 2.05) is 42.5 Å². The molecule has 0 atom stereocenters. The molecule has 3 nitrogen and oxygen atoms in total. The van der Waals surface area contributed by atoms with E-state index in [-0.39, 0.29) is 0 Å². The van der Waals surface area contributed by atoms with Gasteiger partial charge in [0, 0.05) is 30.8 Å². The van der Waals surface area contributed by atoms with Crippen LogP contribution in [0.25, 0.3) is 0 Å². The second kappa shape index (κ2) is 8.67. The maximum atomic E-state index is 5.91. The number of ether oxygens (including phenoxy) is 2. The van der Waals surface area contributed by atoms with Crippen LogP contribution in [0.5, 0.6) is 5.75 Å². The number of halogens is 1. The number of hydrogen-bond donors (Lipinski definition) is 1. The van der Waals surface area contributed by atoms with Crippen molar-refractivity contribution in [3.05, 3.63) is 64.7 Å². The zero-order chi connectivity index (χ0) is 14.9. The molecule has 0 aliphatic carbocycles. The third-order valence-electron chi connectivity index (χ3n) is 3.08. The van der Waals surface area contributed by atoms with Gasteiger partial charge in [-0.25, -0.2) is 0 Å². The third kappa shape index (κ3) is 5.38. The molecule has 0 bridgehead atoms. The summed E-state index contributed by atoms with van der Waals surface area (Å²) in [5.74, 6) is 0.900. The Hall–Kier alpha value is -1.55. The van der Waals surface area contributed by atoms with Gasteiger partial charge in [0.1, 0.15) is 12.4 Å². The molecule has 2 rings (SSSR count). The van der Waals surface area contributed by atoms with E-state index in [1.54, 1.807) is 7.11 Å². The lowest BCUT2D eigenvalue weighted by atomic mass is 10.2. The van der Waals surface area contributed by atoms with Gasteiger partial charge in [0.2, 0.25) is 0 Å². The van der Waals surface area contributed by atoms with Crippen LogP contribution in [0.4, 0.5) is 0 Å². The maximum Gasteiger partial charge on any atom is 0.124 e. The average Bonchev–Trinajstić information content (AvgIpc) is 2.52. The van der Waals surface area contributed by atoms with Gasteiger partial charge in [-0.2, -0.15) is 0 Å². The van der Waals surface area contributed by atoms with Crippen molar-refractivity contribution in [1.82, 2.24) is 5.32 Å². The molecule has 4 heteroatoms. The van der Waals surface area contributed by atoms with Crippen molar-refractivity contribution in [2.45, 2.75) is 13.2 Å². The first-order chi connectivity index (χ1) is 10.3. The second-order valence-corrected chi connectivity index (χ2v) is 5.13. The van der Waals surface area contributed by atoms with Gasteiger partial charge in [-0.05, 0) is 23.8 Å². The minimum absolute atomic E-state index is 0.534. The molecule has 1 N–H and O–H groups in total. The number of rotatable bonds is 8. The molecule has 112 valence electrons. The van der Waals surface area contributed by atoms with Gasteiger partial charge in [-0.1, -0.05) is 41.9 Å². The van der Waals surface area contributed by atoms with Crippen molar-refractivity contribution in [3.63, 3.8) is 0 Å². The Labute approximate surface area is 130 Å². The van der Waals surface area contributed by atoms with Crippen molar-refractivity contribution < 1.29 is 9.47 Å². The average molecular weight is 306 g/mol. The topological polar surface area (TPSA) is 30.5 Å². The van der Waals surface area contributed by atoms with Crippen molar-refractivity contribution >= 4 is 11.6 Å². The lowest BCUT2D eigenvalue weighted by molar-refractivity contribution is 0.199. The molecule has 0 aliphatic rings. The predicted molar refractivity (Wildman–Crippen MR) is 85.8 cm³/mol. The van der Waals surface area contributed by atoms with Gasteiger partial charge in [-0.15, -0.1) is 0 Å². The predicted octanol–water partition coefficient (Wildman–Crippen LogP) is 3.66. The van der Waals surface area contributed by atoms with Crippen LogP contribution in [0.1, 0.15) is 11.1 Å². The summed E-state index contributed by atoms with van der Waals surface area (Å²) in [6, 6.07) is 15.7. The largest absolute Gasteiger partial charge is 0.489 e. The van der Waals surface area contributed by atoms with Crippen molar-refractivity contribution in [2.75, 3.05) is 20.3 Å². The van der Waals surface area contributed by atoms with Crippen LogP contribution in [-0.2, 0) is 17.9 Å². The van der Waals surface area contributed by atoms with Crippen molar-refractivity contribution in [2.24, 2.45) is 0 Å². The number of benzene rings is 2. The van der Waals surface area contributed by atoms with E-state index < -0.39 is 0 Å². The molecule has 0 saturated carbocycles. The fourth-order valence-electron chi connectivity index (χ4n) is 1.93. The third-order valence-corrected chi connectivity index (χ3v) is 3.33. The first kappa shape index (κ1) is 15.8. The standard InChI is InChI=1S/C17H20ClNO2/c1-20-11-10-19-12-15-4-2-3-5-17(15)21-13-14-6-8-16(18)9-7-14/h2-9,19H,10-13H2,1H3. The molecule has 0 radical (unpaired) electrons. The lowest BCUT2D eigenvalue weighted by Gasteiger charge is -2.12. The van der Waals surface area contributed by atoms with Gasteiger partial charge in [0.25, 0.3) is 0 Å². The summed E-state index contributed by atoms with van der Waals surface area (Å²) in [5, 5.41) is 4.06. The Morgan fingerprint density at radius 1 is 1.05 bits per heavy atom. The highest BCUT2D eigenvalue weighted by Crippen LogP contribution is 2.19. The van der Waals surface area contributed by atoms with E-state index in [9.17, 15) is 0 Å². The Morgan fingerprint density at radius 3 is 2.57 bits per heavy atom. The summed E-state index contributed by atoms with van der Waals surface area (Å²) in [6.07, 6.45) is 0. The van der Waals surface area contributed by atoms with Gasteiger partial charge >= 0.3 is 0 Å². The van der Waals surface area contributed by atoms with E-state index in [2.05, 4.69) is 11.4 Å². The molecular weight excluding hydrogens is 286 g/mol. The van der Waals surface area contributed by atoms with E-state index in [1.165, 1.54) is 0 Å². The highest BCUT2D eigenvalue weighted by atomic mass is 35.5. The molecule has 0 aliphatic heterocycles. The van der Waals surface area contributed by atoms with Gasteiger partial charge in [-0.3, -0.25) is 0 Å². The van der Waals surface area contributed by atoms with Gasteiger partial charge in [0.05, 0.1) is 6.61 Å². The highest BCUT2D eigenvalue weighted by Gasteiger charge is 2.03. The molecule has 0 amide bonds. The SMILES string of the molecule is COCCNCc1ccccc1OCc1ccc(Cl)cc1. The molecule has 2 aromatic carbocycles. The molecule has 0 heterocycles. The number of methoxy groups -OCH3 is 1. The highest BCUT2D eigenvalue weighted by molar-refractivity contribution is 6.30. The molecular formula is C17H20ClNO2. The molecule has 0 aromatic heterocycles. The summed E-state index contributed by atoms with van der Waals surface area (Å²) in [6.45, 7) is 2.82. The lowest BCUT2D eigenvalue weighted by Crippen LogP contribution is -2.19. The van der Waals surface area contributed by atoms with Crippen molar-refractivity contribution in [1.29, 1.82) is 0 Å². The van der Waals surface area contributed by atoms with Gasteiger partial charge in [0.15, 0.2) is 0 Å². The van der Waals surface area contributed by atoms with E-state index in [0.717, 1.165) is 35.0 Å². The Morgan fingerprint density at radius 2 is 1.81 bits per heavy atom. The molecule has 2 aromatic rings. The fraction of sp³-hybridized carbons (Fsp3) is 0.294. The summed E-state index contributed by atoms with van der Waals surface area (Å²) < 4.78 is 10.9. The second-order valence-electron chi connectivity index (χ2n) is 4.69. The number of para-hydroxylation sites is 1. The Bertz CT molecular complexity index is 543. The van der Waals surface area contributed by atoms with E-state index in [4.69, 9.17) is 21.1 Å². The zero-order valence-electron chi connectivity index (χ0n) is 12.1. The monoisotopic (exact) mass is 305 g/mol. The Kier molecular flexibility index (Phi) is 6.54. The van der Waals surface area contributed by atoms with Crippen LogP contribution in [0.2, 0.25) is 5.02 Å². The van der Waals surface area contributed by atoms with Crippen LogP contribution < -0.4 is 10.1 Å². The summed E-state index contributed by atoms with van der Waals surface area (Å²) in [7, 11) is 1.70. The van der Waals surface area contributed by atoms with Crippen LogP contribution in [-0.4, -0.2) is 20.3 Å². The van der Waals surface area contributed by atoms with Crippen LogP contribution in [0.3, 0.4) is 0 Å². The van der Waals surface area contributed by atoms with Crippen molar-refractivity contribution in [3.8, 4) is 5.75 Å². The van der Waals surface area contributed by atoms with Crippen LogP contribution in [0.15, 0.2) is 48.5 Å². The number of hydrogen-bond acceptors (Lipinski definition) is 3. The van der Waals surface area contributed by atoms with Crippen LogP contribution in [0, 0.1) is 0 Å². The summed E-state index contributed by atoms with van der Waals surface area (Å²) >= 11 is 5.88. The first-order valence-corrected chi connectivity index (χ1v) is 7.32. The number of nitrogens with one attached hydrogen (secondary N) is 1. The van der Waals surface area contributed by atoms with E-state index in [0.29, 0.717) is 13.2 Å². The summed E-state index contributed by atoms with van der Waals surface area (Å²) in [5.41, 5.74) is 2.24. The van der Waals surface area contributed by atoms with E-state index >= 15 is 0 Å². The minimum atomic E-state index is 0.534. The first-order valence-electron chi connectivity index (χ1n) is 6.94.